The van der Waals surface area contributed by atoms with Gasteiger partial charge >= 0.3 is 0 Å². The standard InChI is InChI=1S/C20H15BrN2O3S/c1-12-2-8-15(9-3-12)27(25,26)19-17(21)11-23-20-18(19)16(10-22-20)13-4-6-14(24)7-5-13/h2-11,24H,1H3,(H,22,23). The molecule has 2 N–H and O–H groups in total. The Morgan fingerprint density at radius 1 is 1.04 bits per heavy atom. The van der Waals surface area contributed by atoms with E-state index >= 15 is 0 Å². The van der Waals surface area contributed by atoms with Crippen molar-refractivity contribution in [1.82, 2.24) is 9.97 Å². The molecule has 4 aromatic rings. The number of hydrogen-bond acceptors (Lipinski definition) is 4. The van der Waals surface area contributed by atoms with Crippen molar-refractivity contribution in [2.24, 2.45) is 0 Å². The summed E-state index contributed by atoms with van der Waals surface area (Å²) >= 11 is 3.37. The van der Waals surface area contributed by atoms with E-state index in [0.717, 1.165) is 11.1 Å². The zero-order chi connectivity index (χ0) is 19.2. The first kappa shape index (κ1) is 17.8. The van der Waals surface area contributed by atoms with Crippen LogP contribution in [0.1, 0.15) is 5.56 Å². The van der Waals surface area contributed by atoms with Crippen molar-refractivity contribution in [3.63, 3.8) is 0 Å². The number of aromatic hydroxyl groups is 1. The highest BCUT2D eigenvalue weighted by molar-refractivity contribution is 9.10. The van der Waals surface area contributed by atoms with Gasteiger partial charge in [0.15, 0.2) is 0 Å². The maximum absolute atomic E-state index is 13.4. The van der Waals surface area contributed by atoms with Gasteiger partial charge in [-0.3, -0.25) is 0 Å². The van der Waals surface area contributed by atoms with Crippen molar-refractivity contribution in [2.45, 2.75) is 16.7 Å². The van der Waals surface area contributed by atoms with Crippen LogP contribution in [0.4, 0.5) is 0 Å². The highest BCUT2D eigenvalue weighted by Gasteiger charge is 2.26. The number of sulfone groups is 1. The number of nitrogens with zero attached hydrogens (tertiary/aromatic N) is 1. The Bertz CT molecular complexity index is 1250. The van der Waals surface area contributed by atoms with E-state index in [1.807, 2.05) is 6.92 Å². The molecule has 0 amide bonds. The van der Waals surface area contributed by atoms with E-state index in [2.05, 4.69) is 25.9 Å². The fraction of sp³-hybridized carbons (Fsp3) is 0.0500. The number of phenolic OH excluding ortho intramolecular Hbond substituents is 1. The summed E-state index contributed by atoms with van der Waals surface area (Å²) < 4.78 is 27.2. The zero-order valence-electron chi connectivity index (χ0n) is 14.3. The maximum atomic E-state index is 13.4. The van der Waals surface area contributed by atoms with Gasteiger partial charge in [-0.2, -0.15) is 0 Å². The molecular formula is C20H15BrN2O3S. The lowest BCUT2D eigenvalue weighted by Crippen LogP contribution is -2.04. The summed E-state index contributed by atoms with van der Waals surface area (Å²) in [5, 5.41) is 10.1. The molecule has 0 bridgehead atoms. The molecule has 0 fully saturated rings. The fourth-order valence-corrected chi connectivity index (χ4v) is 5.46. The van der Waals surface area contributed by atoms with Crippen molar-refractivity contribution in [3.8, 4) is 16.9 Å². The molecule has 0 saturated carbocycles. The number of aryl methyl sites for hydroxylation is 1. The van der Waals surface area contributed by atoms with Gasteiger partial charge in [0.2, 0.25) is 9.84 Å². The molecule has 27 heavy (non-hydrogen) atoms. The molecule has 0 aliphatic heterocycles. The molecule has 0 aliphatic rings. The van der Waals surface area contributed by atoms with Crippen LogP contribution >= 0.6 is 15.9 Å². The summed E-state index contributed by atoms with van der Waals surface area (Å²) in [7, 11) is -3.78. The van der Waals surface area contributed by atoms with Crippen molar-refractivity contribution in [2.75, 3.05) is 0 Å². The number of hydrogen-bond donors (Lipinski definition) is 2. The van der Waals surface area contributed by atoms with Crippen molar-refractivity contribution < 1.29 is 13.5 Å². The smallest absolute Gasteiger partial charge is 0.208 e. The second-order valence-corrected chi connectivity index (χ2v) is 8.97. The number of nitrogens with one attached hydrogen (secondary N) is 1. The Kier molecular flexibility index (Phi) is 4.28. The number of benzene rings is 2. The molecule has 0 unspecified atom stereocenters. The molecule has 7 heteroatoms. The van der Waals surface area contributed by atoms with Gasteiger partial charge in [0.1, 0.15) is 11.4 Å². The topological polar surface area (TPSA) is 83.0 Å². The van der Waals surface area contributed by atoms with E-state index in [9.17, 15) is 13.5 Å². The SMILES string of the molecule is Cc1ccc(S(=O)(=O)c2c(Br)cnc3[nH]cc(-c4ccc(O)cc4)c23)cc1. The number of pyridine rings is 1. The minimum atomic E-state index is -3.78. The Labute approximate surface area is 164 Å². The van der Waals surface area contributed by atoms with Crippen molar-refractivity contribution >= 4 is 36.8 Å². The lowest BCUT2D eigenvalue weighted by molar-refractivity contribution is 0.475. The van der Waals surface area contributed by atoms with Crippen LogP contribution < -0.4 is 0 Å². The van der Waals surface area contributed by atoms with E-state index in [1.165, 1.54) is 6.20 Å². The zero-order valence-corrected chi connectivity index (χ0v) is 16.7. The first-order valence-corrected chi connectivity index (χ1v) is 10.4. The predicted octanol–water partition coefficient (Wildman–Crippen LogP) is 4.84. The van der Waals surface area contributed by atoms with E-state index in [0.29, 0.717) is 21.1 Å². The van der Waals surface area contributed by atoms with Gasteiger partial charge < -0.3 is 10.1 Å². The monoisotopic (exact) mass is 442 g/mol. The summed E-state index contributed by atoms with van der Waals surface area (Å²) in [5.74, 6) is 0.144. The minimum absolute atomic E-state index is 0.144. The van der Waals surface area contributed by atoms with Gasteiger partial charge in [0.05, 0.1) is 14.3 Å². The molecule has 0 saturated heterocycles. The second-order valence-electron chi connectivity index (χ2n) is 6.22. The molecule has 0 spiro atoms. The quantitative estimate of drug-likeness (QED) is 0.475. The van der Waals surface area contributed by atoms with E-state index < -0.39 is 9.84 Å². The average molecular weight is 443 g/mol. The van der Waals surface area contributed by atoms with E-state index in [1.54, 1.807) is 54.7 Å². The van der Waals surface area contributed by atoms with Crippen LogP contribution in [-0.4, -0.2) is 23.5 Å². The van der Waals surface area contributed by atoms with Crippen molar-refractivity contribution in [3.05, 3.63) is 71.0 Å². The van der Waals surface area contributed by atoms with Crippen LogP contribution in [0.3, 0.4) is 0 Å². The molecule has 2 aromatic carbocycles. The van der Waals surface area contributed by atoms with Crippen molar-refractivity contribution in [1.29, 1.82) is 0 Å². The summed E-state index contributed by atoms with van der Waals surface area (Å²) in [6.45, 7) is 1.91. The third-order valence-electron chi connectivity index (χ3n) is 4.39. The Morgan fingerprint density at radius 3 is 2.37 bits per heavy atom. The third kappa shape index (κ3) is 3.02. The normalized spacial score (nSPS) is 11.8. The lowest BCUT2D eigenvalue weighted by atomic mass is 10.1. The largest absolute Gasteiger partial charge is 0.508 e. The van der Waals surface area contributed by atoms with Crippen LogP contribution in [0, 0.1) is 6.92 Å². The average Bonchev–Trinajstić information content (AvgIpc) is 3.06. The molecule has 5 nitrogen and oxygen atoms in total. The molecule has 4 rings (SSSR count). The van der Waals surface area contributed by atoms with Gasteiger partial charge in [-0.1, -0.05) is 29.8 Å². The minimum Gasteiger partial charge on any atom is -0.508 e. The number of phenols is 1. The van der Waals surface area contributed by atoms with Gasteiger partial charge in [0, 0.05) is 23.3 Å². The van der Waals surface area contributed by atoms with Crippen LogP contribution in [0.15, 0.2) is 75.2 Å². The molecular weight excluding hydrogens is 428 g/mol. The molecule has 0 atom stereocenters. The number of aromatic nitrogens is 2. The van der Waals surface area contributed by atoms with Gasteiger partial charge in [-0.15, -0.1) is 0 Å². The molecule has 136 valence electrons. The number of aromatic amines is 1. The first-order chi connectivity index (χ1) is 12.9. The number of halogens is 1. The highest BCUT2D eigenvalue weighted by atomic mass is 79.9. The Hall–Kier alpha value is -2.64. The van der Waals surface area contributed by atoms with Gasteiger partial charge in [-0.25, -0.2) is 13.4 Å². The summed E-state index contributed by atoms with van der Waals surface area (Å²) in [4.78, 5) is 7.74. The molecule has 0 aliphatic carbocycles. The van der Waals surface area contributed by atoms with E-state index in [4.69, 9.17) is 0 Å². The second kappa shape index (κ2) is 6.51. The Morgan fingerprint density at radius 2 is 1.70 bits per heavy atom. The maximum Gasteiger partial charge on any atom is 0.208 e. The first-order valence-electron chi connectivity index (χ1n) is 8.14. The van der Waals surface area contributed by atoms with E-state index in [-0.39, 0.29) is 15.5 Å². The summed E-state index contributed by atoms with van der Waals surface area (Å²) in [6.07, 6.45) is 3.21. The van der Waals surface area contributed by atoms with Crippen LogP contribution in [0.5, 0.6) is 5.75 Å². The highest BCUT2D eigenvalue weighted by Crippen LogP contribution is 2.39. The van der Waals surface area contributed by atoms with Crippen LogP contribution in [0.25, 0.3) is 22.2 Å². The van der Waals surface area contributed by atoms with Gasteiger partial charge in [-0.05, 0) is 52.7 Å². The van der Waals surface area contributed by atoms with Crippen LogP contribution in [-0.2, 0) is 9.84 Å². The molecule has 0 radical (unpaired) electrons. The number of rotatable bonds is 3. The summed E-state index contributed by atoms with van der Waals surface area (Å²) in [6, 6.07) is 13.4. The fourth-order valence-electron chi connectivity index (χ4n) is 3.01. The Balaban J connectivity index is 2.03. The van der Waals surface area contributed by atoms with Crippen LogP contribution in [0.2, 0.25) is 0 Å². The lowest BCUT2D eigenvalue weighted by Gasteiger charge is -2.10. The molecule has 2 aromatic heterocycles. The third-order valence-corrected chi connectivity index (χ3v) is 7.11. The van der Waals surface area contributed by atoms with Gasteiger partial charge in [0.25, 0.3) is 0 Å². The number of fused-ring (bicyclic) bond motifs is 1. The number of H-pyrrole nitrogens is 1. The predicted molar refractivity (Wildman–Crippen MR) is 108 cm³/mol. The molecule has 2 heterocycles. The summed E-state index contributed by atoms with van der Waals surface area (Å²) in [5.41, 5.74) is 2.94.